The molecule has 0 fully saturated rings. The summed E-state index contributed by atoms with van der Waals surface area (Å²) in [6.45, 7) is 6.38. The Labute approximate surface area is 114 Å². The molecule has 0 spiro atoms. The van der Waals surface area contributed by atoms with Gasteiger partial charge in [0.1, 0.15) is 5.75 Å². The summed E-state index contributed by atoms with van der Waals surface area (Å²) in [6, 6.07) is 5.75. The number of ether oxygens (including phenoxy) is 1. The number of aliphatic hydroxyl groups excluding tert-OH is 1. The van der Waals surface area contributed by atoms with Crippen LogP contribution in [0.1, 0.15) is 25.8 Å². The van der Waals surface area contributed by atoms with Gasteiger partial charge in [0, 0.05) is 24.6 Å². The molecule has 0 amide bonds. The van der Waals surface area contributed by atoms with Crippen LogP contribution in [0.15, 0.2) is 18.2 Å². The molecular weight excluding hydrogens is 250 g/mol. The molecule has 1 unspecified atom stereocenters. The van der Waals surface area contributed by atoms with E-state index in [2.05, 4.69) is 12.2 Å². The zero-order chi connectivity index (χ0) is 13.4. The third kappa shape index (κ3) is 4.84. The minimum atomic E-state index is 0.109. The van der Waals surface area contributed by atoms with Gasteiger partial charge in [0.2, 0.25) is 0 Å². The molecule has 0 aliphatic heterocycles. The zero-order valence-electron chi connectivity index (χ0n) is 11.1. The van der Waals surface area contributed by atoms with Crippen molar-refractivity contribution in [2.24, 2.45) is 5.92 Å². The van der Waals surface area contributed by atoms with Crippen molar-refractivity contribution in [3.8, 4) is 5.75 Å². The molecule has 1 aromatic carbocycles. The first kappa shape index (κ1) is 15.3. The van der Waals surface area contributed by atoms with Crippen LogP contribution in [0.25, 0.3) is 0 Å². The van der Waals surface area contributed by atoms with E-state index in [1.165, 1.54) is 0 Å². The fraction of sp³-hybridized carbons (Fsp3) is 0.571. The Morgan fingerprint density at radius 2 is 2.22 bits per heavy atom. The van der Waals surface area contributed by atoms with Gasteiger partial charge in [-0.05, 0) is 19.0 Å². The SMILES string of the molecule is CCCNCc1cccc(Cl)c1OCC(C)CO. The standard InChI is InChI=1S/C14H22ClNO2/c1-3-7-16-8-12-5-4-6-13(15)14(12)18-10-11(2)9-17/h4-6,11,16-17H,3,7-10H2,1-2H3. The molecule has 0 bridgehead atoms. The van der Waals surface area contributed by atoms with Crippen LogP contribution in [0.5, 0.6) is 5.75 Å². The van der Waals surface area contributed by atoms with Crippen molar-refractivity contribution < 1.29 is 9.84 Å². The van der Waals surface area contributed by atoms with Gasteiger partial charge in [0.15, 0.2) is 0 Å². The number of para-hydroxylation sites is 1. The van der Waals surface area contributed by atoms with Crippen molar-refractivity contribution in [2.45, 2.75) is 26.8 Å². The lowest BCUT2D eigenvalue weighted by Gasteiger charge is -2.15. The third-order valence-electron chi connectivity index (χ3n) is 2.61. The monoisotopic (exact) mass is 271 g/mol. The Bertz CT molecular complexity index is 358. The molecule has 2 N–H and O–H groups in total. The topological polar surface area (TPSA) is 41.5 Å². The first-order valence-corrected chi connectivity index (χ1v) is 6.78. The van der Waals surface area contributed by atoms with Gasteiger partial charge < -0.3 is 15.2 Å². The normalized spacial score (nSPS) is 12.4. The molecule has 0 saturated heterocycles. The maximum absolute atomic E-state index is 9.00. The van der Waals surface area contributed by atoms with Crippen molar-refractivity contribution in [3.63, 3.8) is 0 Å². The average Bonchev–Trinajstić information content (AvgIpc) is 2.38. The largest absolute Gasteiger partial charge is 0.491 e. The summed E-state index contributed by atoms with van der Waals surface area (Å²) >= 11 is 6.15. The molecule has 0 heterocycles. The predicted molar refractivity (Wildman–Crippen MR) is 75.2 cm³/mol. The van der Waals surface area contributed by atoms with Gasteiger partial charge >= 0.3 is 0 Å². The highest BCUT2D eigenvalue weighted by molar-refractivity contribution is 6.32. The van der Waals surface area contributed by atoms with Crippen LogP contribution in [0, 0.1) is 5.92 Å². The lowest BCUT2D eigenvalue weighted by molar-refractivity contribution is 0.173. The summed E-state index contributed by atoms with van der Waals surface area (Å²) in [5.41, 5.74) is 1.06. The van der Waals surface area contributed by atoms with E-state index in [4.69, 9.17) is 21.4 Å². The summed E-state index contributed by atoms with van der Waals surface area (Å²) in [5, 5.41) is 13.0. The predicted octanol–water partition coefficient (Wildman–Crippen LogP) is 2.85. The second kappa shape index (κ2) is 8.35. The highest BCUT2D eigenvalue weighted by Crippen LogP contribution is 2.29. The first-order chi connectivity index (χ1) is 8.69. The van der Waals surface area contributed by atoms with E-state index in [1.54, 1.807) is 0 Å². The molecule has 18 heavy (non-hydrogen) atoms. The maximum Gasteiger partial charge on any atom is 0.142 e. The van der Waals surface area contributed by atoms with E-state index in [9.17, 15) is 0 Å². The number of benzene rings is 1. The average molecular weight is 272 g/mol. The van der Waals surface area contributed by atoms with Crippen LogP contribution in [0.2, 0.25) is 5.02 Å². The number of aliphatic hydroxyl groups is 1. The summed E-state index contributed by atoms with van der Waals surface area (Å²) in [6.07, 6.45) is 1.10. The number of nitrogens with one attached hydrogen (secondary N) is 1. The highest BCUT2D eigenvalue weighted by atomic mass is 35.5. The second-order valence-electron chi connectivity index (χ2n) is 4.50. The first-order valence-electron chi connectivity index (χ1n) is 6.40. The van der Waals surface area contributed by atoms with E-state index >= 15 is 0 Å². The quantitative estimate of drug-likeness (QED) is 0.715. The van der Waals surface area contributed by atoms with E-state index in [-0.39, 0.29) is 12.5 Å². The Kier molecular flexibility index (Phi) is 7.09. The molecule has 0 radical (unpaired) electrons. The van der Waals surface area contributed by atoms with Gasteiger partial charge in [-0.3, -0.25) is 0 Å². The van der Waals surface area contributed by atoms with Crippen molar-refractivity contribution in [1.82, 2.24) is 5.32 Å². The van der Waals surface area contributed by atoms with Crippen LogP contribution in [0.4, 0.5) is 0 Å². The third-order valence-corrected chi connectivity index (χ3v) is 2.91. The van der Waals surface area contributed by atoms with E-state index in [0.717, 1.165) is 30.8 Å². The Morgan fingerprint density at radius 1 is 1.44 bits per heavy atom. The number of rotatable bonds is 8. The summed E-state index contributed by atoms with van der Waals surface area (Å²) in [5.74, 6) is 0.834. The van der Waals surface area contributed by atoms with Crippen LogP contribution >= 0.6 is 11.6 Å². The molecule has 1 atom stereocenters. The lowest BCUT2D eigenvalue weighted by atomic mass is 10.2. The number of hydrogen-bond acceptors (Lipinski definition) is 3. The smallest absolute Gasteiger partial charge is 0.142 e. The fourth-order valence-electron chi connectivity index (χ4n) is 1.53. The minimum Gasteiger partial charge on any atom is -0.491 e. The summed E-state index contributed by atoms with van der Waals surface area (Å²) in [7, 11) is 0. The molecule has 0 aliphatic carbocycles. The van der Waals surface area contributed by atoms with Crippen LogP contribution in [-0.2, 0) is 6.54 Å². The Balaban J connectivity index is 2.67. The minimum absolute atomic E-state index is 0.109. The molecule has 4 heteroatoms. The van der Waals surface area contributed by atoms with Crippen LogP contribution < -0.4 is 10.1 Å². The Hall–Kier alpha value is -0.770. The van der Waals surface area contributed by atoms with Crippen LogP contribution in [-0.4, -0.2) is 24.9 Å². The molecule has 102 valence electrons. The van der Waals surface area contributed by atoms with Crippen molar-refractivity contribution in [3.05, 3.63) is 28.8 Å². The van der Waals surface area contributed by atoms with Gasteiger partial charge in [0.25, 0.3) is 0 Å². The molecule has 1 aromatic rings. The number of halogens is 1. The molecule has 0 aliphatic rings. The van der Waals surface area contributed by atoms with Gasteiger partial charge in [-0.1, -0.05) is 37.6 Å². The van der Waals surface area contributed by atoms with Gasteiger partial charge in [-0.15, -0.1) is 0 Å². The van der Waals surface area contributed by atoms with Gasteiger partial charge in [-0.2, -0.15) is 0 Å². The van der Waals surface area contributed by atoms with E-state index in [0.29, 0.717) is 11.6 Å². The van der Waals surface area contributed by atoms with E-state index < -0.39 is 0 Å². The Morgan fingerprint density at radius 3 is 2.89 bits per heavy atom. The summed E-state index contributed by atoms with van der Waals surface area (Å²) in [4.78, 5) is 0. The van der Waals surface area contributed by atoms with Gasteiger partial charge in [-0.25, -0.2) is 0 Å². The molecule has 3 nitrogen and oxygen atoms in total. The second-order valence-corrected chi connectivity index (χ2v) is 4.91. The molecule has 0 aromatic heterocycles. The highest BCUT2D eigenvalue weighted by Gasteiger charge is 2.10. The van der Waals surface area contributed by atoms with Crippen molar-refractivity contribution >= 4 is 11.6 Å². The van der Waals surface area contributed by atoms with E-state index in [1.807, 2.05) is 25.1 Å². The number of hydrogen-bond donors (Lipinski definition) is 2. The van der Waals surface area contributed by atoms with Crippen molar-refractivity contribution in [1.29, 1.82) is 0 Å². The van der Waals surface area contributed by atoms with Crippen LogP contribution in [0.3, 0.4) is 0 Å². The van der Waals surface area contributed by atoms with Crippen molar-refractivity contribution in [2.75, 3.05) is 19.8 Å². The molecule has 1 rings (SSSR count). The lowest BCUT2D eigenvalue weighted by Crippen LogP contribution is -2.17. The molecule has 0 saturated carbocycles. The van der Waals surface area contributed by atoms with Gasteiger partial charge in [0.05, 0.1) is 11.6 Å². The zero-order valence-corrected chi connectivity index (χ0v) is 11.8. The summed E-state index contributed by atoms with van der Waals surface area (Å²) < 4.78 is 5.72. The molecular formula is C14H22ClNO2. The fourth-order valence-corrected chi connectivity index (χ4v) is 1.78. The maximum atomic E-state index is 9.00.